The number of rotatable bonds is 1. The molecule has 0 saturated carbocycles. The monoisotopic (exact) mass is 388 g/mol. The lowest BCUT2D eigenvalue weighted by Gasteiger charge is -2.52. The predicted molar refractivity (Wildman–Crippen MR) is 111 cm³/mol. The fourth-order valence-electron chi connectivity index (χ4n) is 3.72. The van der Waals surface area contributed by atoms with E-state index < -0.39 is 17.4 Å². The molecule has 0 N–H and O–H groups in total. The van der Waals surface area contributed by atoms with Crippen LogP contribution >= 0.6 is 7.26 Å². The summed E-state index contributed by atoms with van der Waals surface area (Å²) in [6.45, 7) is 26.1. The second-order valence-electron chi connectivity index (χ2n) is 9.79. The number of hydrogen-bond acceptors (Lipinski definition) is 3. The van der Waals surface area contributed by atoms with Crippen molar-refractivity contribution < 1.29 is 13.0 Å². The average molecular weight is 389 g/mol. The molecule has 0 atom stereocenters. The van der Waals surface area contributed by atoms with Gasteiger partial charge in [0.05, 0.1) is 27.0 Å². The van der Waals surface area contributed by atoms with Gasteiger partial charge in [-0.1, -0.05) is 17.7 Å². The lowest BCUT2D eigenvalue weighted by molar-refractivity contribution is 0.463. The molecular weight excluding hydrogens is 351 g/mol. The molecule has 0 radical (unpaired) electrons. The van der Waals surface area contributed by atoms with Crippen LogP contribution in [0.25, 0.3) is 0 Å². The largest absolute Gasteiger partial charge is 0.744 e. The third kappa shape index (κ3) is 6.05. The Kier molecular flexibility index (Phi) is 7.53. The van der Waals surface area contributed by atoms with Gasteiger partial charge in [-0.15, -0.1) is 0 Å². The summed E-state index contributed by atoms with van der Waals surface area (Å²) >= 11 is 0. The van der Waals surface area contributed by atoms with Crippen molar-refractivity contribution in [1.82, 2.24) is 0 Å². The lowest BCUT2D eigenvalue weighted by atomic mass is 10.2. The molecule has 0 spiro atoms. The van der Waals surface area contributed by atoms with Crippen LogP contribution in [0.5, 0.6) is 0 Å². The van der Waals surface area contributed by atoms with Gasteiger partial charge in [-0.05, 0) is 81.4 Å². The van der Waals surface area contributed by atoms with E-state index in [2.05, 4.69) is 69.0 Å². The zero-order chi connectivity index (χ0) is 20.5. The summed E-state index contributed by atoms with van der Waals surface area (Å²) in [4.78, 5) is -0.178. The topological polar surface area (TPSA) is 57.2 Å². The van der Waals surface area contributed by atoms with E-state index in [9.17, 15) is 13.0 Å². The molecule has 0 fully saturated rings. The van der Waals surface area contributed by atoms with Gasteiger partial charge in [0.25, 0.3) is 0 Å². The maximum atomic E-state index is 10.4. The average Bonchev–Trinajstić information content (AvgIpc) is 2.33. The summed E-state index contributed by atoms with van der Waals surface area (Å²) in [6, 6.07) is 5.78. The molecule has 0 aliphatic carbocycles. The minimum Gasteiger partial charge on any atom is -0.744 e. The molecule has 1 rings (SSSR count). The Morgan fingerprint density at radius 2 is 1.04 bits per heavy atom. The Morgan fingerprint density at radius 1 is 0.760 bits per heavy atom. The fourth-order valence-corrected chi connectivity index (χ4v) is 10.2. The van der Waals surface area contributed by atoms with E-state index in [0.717, 1.165) is 5.56 Å². The van der Waals surface area contributed by atoms with Crippen molar-refractivity contribution in [2.24, 2.45) is 0 Å². The highest BCUT2D eigenvalue weighted by Gasteiger charge is 2.60. The molecule has 0 bridgehead atoms. The number of aryl methyl sites for hydroxylation is 1. The van der Waals surface area contributed by atoms with Crippen molar-refractivity contribution in [2.45, 2.75) is 89.6 Å². The van der Waals surface area contributed by atoms with Gasteiger partial charge in [-0.3, -0.25) is 0 Å². The van der Waals surface area contributed by atoms with E-state index in [1.165, 1.54) is 12.1 Å². The van der Waals surface area contributed by atoms with E-state index in [1.807, 2.05) is 6.92 Å². The minimum atomic E-state index is -4.27. The second-order valence-corrected chi connectivity index (χ2v) is 17.2. The fraction of sp³-hybridized carbons (Fsp3) is 0.700. The molecule has 0 unspecified atom stereocenters. The van der Waals surface area contributed by atoms with Gasteiger partial charge in [-0.2, -0.15) is 0 Å². The van der Waals surface area contributed by atoms with Crippen LogP contribution in [-0.4, -0.2) is 35.1 Å². The molecule has 0 saturated heterocycles. The zero-order valence-corrected chi connectivity index (χ0v) is 19.6. The van der Waals surface area contributed by atoms with Gasteiger partial charge in [0, 0.05) is 7.26 Å². The SMILES string of the molecule is CC(C)(C)[P+](C)(C(C)(C)C)C(C)(C)C.Cc1ccc(S(=O)(=O)[O-])cc1. The summed E-state index contributed by atoms with van der Waals surface area (Å²) in [6.07, 6.45) is 0. The second kappa shape index (κ2) is 7.66. The van der Waals surface area contributed by atoms with Crippen LogP contribution in [0.4, 0.5) is 0 Å². The highest BCUT2D eigenvalue weighted by molar-refractivity contribution is 7.85. The van der Waals surface area contributed by atoms with Crippen LogP contribution in [0.15, 0.2) is 29.2 Å². The lowest BCUT2D eigenvalue weighted by Crippen LogP contribution is -2.43. The predicted octanol–water partition coefficient (Wildman–Crippen LogP) is 5.93. The van der Waals surface area contributed by atoms with E-state index >= 15 is 0 Å². The van der Waals surface area contributed by atoms with Crippen LogP contribution in [-0.2, 0) is 10.1 Å². The first-order valence-corrected chi connectivity index (χ1v) is 12.3. The van der Waals surface area contributed by atoms with Gasteiger partial charge in [0.15, 0.2) is 0 Å². The van der Waals surface area contributed by atoms with E-state index in [0.29, 0.717) is 15.5 Å². The Labute approximate surface area is 156 Å². The van der Waals surface area contributed by atoms with Crippen molar-refractivity contribution in [1.29, 1.82) is 0 Å². The van der Waals surface area contributed by atoms with Crippen molar-refractivity contribution >= 4 is 17.4 Å². The Bertz CT molecular complexity index is 619. The summed E-state index contributed by atoms with van der Waals surface area (Å²) in [7, 11) is -5.29. The molecule has 0 aliphatic heterocycles. The number of hydrogen-bond donors (Lipinski definition) is 0. The Hall–Kier alpha value is -0.440. The minimum absolute atomic E-state index is 0.178. The van der Waals surface area contributed by atoms with Gasteiger partial charge >= 0.3 is 0 Å². The van der Waals surface area contributed by atoms with Crippen LogP contribution in [0, 0.1) is 6.92 Å². The molecule has 146 valence electrons. The first-order valence-electron chi connectivity index (χ1n) is 8.64. The van der Waals surface area contributed by atoms with Gasteiger partial charge in [0.2, 0.25) is 0 Å². The van der Waals surface area contributed by atoms with E-state index in [-0.39, 0.29) is 4.90 Å². The first kappa shape index (κ1) is 24.6. The summed E-state index contributed by atoms with van der Waals surface area (Å²) in [5, 5.41) is 1.30. The van der Waals surface area contributed by atoms with Crippen LogP contribution in [0.3, 0.4) is 0 Å². The van der Waals surface area contributed by atoms with Gasteiger partial charge < -0.3 is 4.55 Å². The molecule has 1 aromatic rings. The maximum Gasteiger partial charge on any atom is 0.124 e. The highest BCUT2D eigenvalue weighted by atomic mass is 32.2. The molecule has 1 aromatic carbocycles. The summed E-state index contributed by atoms with van der Waals surface area (Å²) < 4.78 is 31.2. The quantitative estimate of drug-likeness (QED) is 0.442. The molecule has 5 heteroatoms. The molecule has 0 aromatic heterocycles. The Balaban J connectivity index is 0.000000472. The van der Waals surface area contributed by atoms with Gasteiger partial charge in [0.1, 0.15) is 10.1 Å². The van der Waals surface area contributed by atoms with Gasteiger partial charge in [-0.25, -0.2) is 8.42 Å². The smallest absolute Gasteiger partial charge is 0.124 e. The van der Waals surface area contributed by atoms with E-state index in [4.69, 9.17) is 0 Å². The third-order valence-electron chi connectivity index (χ3n) is 5.33. The van der Waals surface area contributed by atoms with Crippen molar-refractivity contribution in [3.05, 3.63) is 29.8 Å². The molecular formula is C20H37O3PS. The maximum absolute atomic E-state index is 10.4. The first-order chi connectivity index (χ1) is 10.7. The molecule has 0 heterocycles. The highest BCUT2D eigenvalue weighted by Crippen LogP contribution is 2.80. The molecule has 3 nitrogen and oxygen atoms in total. The normalized spacial score (nSPS) is 13.9. The van der Waals surface area contributed by atoms with Crippen LogP contribution in [0.2, 0.25) is 0 Å². The third-order valence-corrected chi connectivity index (χ3v) is 14.2. The van der Waals surface area contributed by atoms with Crippen molar-refractivity contribution in [3.8, 4) is 0 Å². The van der Waals surface area contributed by atoms with Crippen molar-refractivity contribution in [2.75, 3.05) is 6.66 Å². The van der Waals surface area contributed by atoms with E-state index in [1.54, 1.807) is 12.1 Å². The zero-order valence-electron chi connectivity index (χ0n) is 17.9. The standard InChI is InChI=1S/C13H30P.C7H8O3S/c1-11(2,3)14(10,12(4,5)6)13(7,8)9;1-6-2-4-7(5-3-6)11(8,9)10/h1-10H3;2-5H,1H3,(H,8,9,10)/q+1;/p-1. The Morgan fingerprint density at radius 3 is 1.20 bits per heavy atom. The summed E-state index contributed by atoms with van der Waals surface area (Å²) in [5.74, 6) is 0. The van der Waals surface area contributed by atoms with Crippen LogP contribution in [0.1, 0.15) is 67.9 Å². The van der Waals surface area contributed by atoms with Crippen LogP contribution < -0.4 is 0 Å². The number of benzene rings is 1. The van der Waals surface area contributed by atoms with Crippen molar-refractivity contribution in [3.63, 3.8) is 0 Å². The summed E-state index contributed by atoms with van der Waals surface area (Å²) in [5.41, 5.74) is 0.928. The molecule has 25 heavy (non-hydrogen) atoms. The molecule has 0 amide bonds. The molecule has 0 aliphatic rings.